The molecular weight excluding hydrogens is 156 g/mol. The Labute approximate surface area is 72.6 Å². The van der Waals surface area contributed by atoms with Gasteiger partial charge in [-0.05, 0) is 19.3 Å². The van der Waals surface area contributed by atoms with Crippen LogP contribution in [0, 0.1) is 0 Å². The van der Waals surface area contributed by atoms with Crippen molar-refractivity contribution >= 4 is 6.09 Å². The second-order valence-corrected chi connectivity index (χ2v) is 3.45. The van der Waals surface area contributed by atoms with Crippen LogP contribution in [-0.4, -0.2) is 41.9 Å². The SMILES string of the molecule is NCC[N+]1(C(=O)O)CCCCC1. The molecule has 1 aliphatic heterocycles. The number of carbonyl (C=O) groups is 1. The van der Waals surface area contributed by atoms with Crippen molar-refractivity contribution in [1.29, 1.82) is 0 Å². The minimum atomic E-state index is -0.708. The lowest BCUT2D eigenvalue weighted by Gasteiger charge is -2.35. The topological polar surface area (TPSA) is 63.3 Å². The largest absolute Gasteiger partial charge is 0.513 e. The molecular formula is C8H17N2O2+. The molecule has 0 atom stereocenters. The van der Waals surface area contributed by atoms with E-state index in [2.05, 4.69) is 0 Å². The quantitative estimate of drug-likeness (QED) is 0.602. The Hall–Kier alpha value is -0.610. The zero-order chi connectivity index (χ0) is 9.03. The first-order chi connectivity index (χ1) is 5.71. The highest BCUT2D eigenvalue weighted by Gasteiger charge is 2.37. The molecule has 1 rings (SSSR count). The van der Waals surface area contributed by atoms with Gasteiger partial charge >= 0.3 is 6.09 Å². The summed E-state index contributed by atoms with van der Waals surface area (Å²) >= 11 is 0. The van der Waals surface area contributed by atoms with E-state index in [1.54, 1.807) is 0 Å². The molecule has 0 radical (unpaired) electrons. The summed E-state index contributed by atoms with van der Waals surface area (Å²) in [6.07, 6.45) is 2.50. The molecule has 0 aromatic rings. The summed E-state index contributed by atoms with van der Waals surface area (Å²) < 4.78 is 0.191. The van der Waals surface area contributed by atoms with Gasteiger partial charge in [-0.15, -0.1) is 0 Å². The second kappa shape index (κ2) is 3.87. The number of nitrogens with two attached hydrogens (primary N) is 1. The van der Waals surface area contributed by atoms with E-state index in [9.17, 15) is 4.79 Å². The monoisotopic (exact) mass is 173 g/mol. The molecule has 12 heavy (non-hydrogen) atoms. The van der Waals surface area contributed by atoms with E-state index in [1.165, 1.54) is 0 Å². The highest BCUT2D eigenvalue weighted by Crippen LogP contribution is 2.18. The maximum Gasteiger partial charge on any atom is 0.513 e. The first-order valence-corrected chi connectivity index (χ1v) is 4.51. The van der Waals surface area contributed by atoms with Crippen LogP contribution >= 0.6 is 0 Å². The molecule has 3 N–H and O–H groups in total. The standard InChI is InChI=1S/C8H16N2O2/c9-4-7-10(8(11)12)5-2-1-3-6-10/h1-7,9H2/p+1. The van der Waals surface area contributed by atoms with Gasteiger partial charge in [0.05, 0.1) is 13.1 Å². The average Bonchev–Trinajstić information content (AvgIpc) is 2.06. The summed E-state index contributed by atoms with van der Waals surface area (Å²) in [5.74, 6) is 0. The number of rotatable bonds is 2. The number of likely N-dealkylation sites (tertiary alicyclic amines) is 1. The van der Waals surface area contributed by atoms with Crippen molar-refractivity contribution in [3.8, 4) is 0 Å². The Morgan fingerprint density at radius 2 is 1.92 bits per heavy atom. The van der Waals surface area contributed by atoms with Crippen LogP contribution in [0.15, 0.2) is 0 Å². The Bertz CT molecular complexity index is 159. The number of carboxylic acid groups (broad SMARTS) is 1. The van der Waals surface area contributed by atoms with E-state index in [-0.39, 0.29) is 4.48 Å². The third kappa shape index (κ3) is 1.76. The van der Waals surface area contributed by atoms with Crippen molar-refractivity contribution in [2.45, 2.75) is 19.3 Å². The van der Waals surface area contributed by atoms with E-state index < -0.39 is 6.09 Å². The van der Waals surface area contributed by atoms with Gasteiger partial charge in [0.15, 0.2) is 0 Å². The van der Waals surface area contributed by atoms with Gasteiger partial charge in [0.1, 0.15) is 6.54 Å². The van der Waals surface area contributed by atoms with Crippen LogP contribution in [0.1, 0.15) is 19.3 Å². The summed E-state index contributed by atoms with van der Waals surface area (Å²) in [6.45, 7) is 2.56. The van der Waals surface area contributed by atoms with Gasteiger partial charge < -0.3 is 10.8 Å². The zero-order valence-corrected chi connectivity index (χ0v) is 7.33. The number of quaternary nitrogens is 1. The fraction of sp³-hybridized carbons (Fsp3) is 0.875. The molecule has 1 fully saturated rings. The Balaban J connectivity index is 2.63. The third-order valence-electron chi connectivity index (χ3n) is 2.64. The van der Waals surface area contributed by atoms with Crippen LogP contribution in [0.25, 0.3) is 0 Å². The maximum atomic E-state index is 11.0. The molecule has 0 saturated carbocycles. The number of hydrogen-bond donors (Lipinski definition) is 2. The van der Waals surface area contributed by atoms with Crippen molar-refractivity contribution in [2.75, 3.05) is 26.2 Å². The van der Waals surface area contributed by atoms with Crippen molar-refractivity contribution in [3.05, 3.63) is 0 Å². The van der Waals surface area contributed by atoms with E-state index >= 15 is 0 Å². The first-order valence-electron chi connectivity index (χ1n) is 4.51. The highest BCUT2D eigenvalue weighted by molar-refractivity contribution is 5.56. The van der Waals surface area contributed by atoms with Crippen molar-refractivity contribution < 1.29 is 14.4 Å². The summed E-state index contributed by atoms with van der Waals surface area (Å²) in [5.41, 5.74) is 5.40. The number of amides is 1. The van der Waals surface area contributed by atoms with Gasteiger partial charge in [0.2, 0.25) is 0 Å². The molecule has 4 heteroatoms. The molecule has 1 heterocycles. The molecule has 0 aromatic carbocycles. The predicted octanol–water partition coefficient (Wildman–Crippen LogP) is 0.624. The fourth-order valence-electron chi connectivity index (χ4n) is 1.88. The normalized spacial score (nSPS) is 22.1. The summed E-state index contributed by atoms with van der Waals surface area (Å²) in [4.78, 5) is 11.0. The Kier molecular flexibility index (Phi) is 3.05. The minimum absolute atomic E-state index is 0.191. The van der Waals surface area contributed by atoms with Crippen LogP contribution in [0.3, 0.4) is 0 Å². The fourth-order valence-corrected chi connectivity index (χ4v) is 1.88. The molecule has 0 aliphatic carbocycles. The van der Waals surface area contributed by atoms with Crippen molar-refractivity contribution in [1.82, 2.24) is 0 Å². The van der Waals surface area contributed by atoms with Crippen molar-refractivity contribution in [3.63, 3.8) is 0 Å². The number of piperidine rings is 1. The molecule has 0 bridgehead atoms. The molecule has 1 saturated heterocycles. The summed E-state index contributed by atoms with van der Waals surface area (Å²) in [6, 6.07) is 0. The van der Waals surface area contributed by atoms with Crippen LogP contribution in [-0.2, 0) is 0 Å². The summed E-state index contributed by atoms with van der Waals surface area (Å²) in [7, 11) is 0. The van der Waals surface area contributed by atoms with Gasteiger partial charge in [0, 0.05) is 6.54 Å². The maximum absolute atomic E-state index is 11.0. The van der Waals surface area contributed by atoms with Crippen molar-refractivity contribution in [2.24, 2.45) is 5.73 Å². The molecule has 70 valence electrons. The van der Waals surface area contributed by atoms with E-state index in [1.807, 2.05) is 0 Å². The van der Waals surface area contributed by atoms with Crippen LogP contribution < -0.4 is 5.73 Å². The molecule has 0 aromatic heterocycles. The predicted molar refractivity (Wildman–Crippen MR) is 45.8 cm³/mol. The van der Waals surface area contributed by atoms with Gasteiger partial charge in [-0.25, -0.2) is 4.48 Å². The molecule has 4 nitrogen and oxygen atoms in total. The van der Waals surface area contributed by atoms with E-state index in [4.69, 9.17) is 10.8 Å². The van der Waals surface area contributed by atoms with Gasteiger partial charge in [0.25, 0.3) is 0 Å². The van der Waals surface area contributed by atoms with Gasteiger partial charge in [-0.2, -0.15) is 4.79 Å². The minimum Gasteiger partial charge on any atom is -0.435 e. The Morgan fingerprint density at radius 3 is 2.33 bits per heavy atom. The molecule has 1 aliphatic rings. The first kappa shape index (κ1) is 9.48. The lowest BCUT2D eigenvalue weighted by atomic mass is 10.1. The van der Waals surface area contributed by atoms with Gasteiger partial charge in [-0.1, -0.05) is 0 Å². The van der Waals surface area contributed by atoms with Crippen LogP contribution in [0.2, 0.25) is 0 Å². The number of hydrogen-bond acceptors (Lipinski definition) is 2. The highest BCUT2D eigenvalue weighted by atomic mass is 16.4. The smallest absolute Gasteiger partial charge is 0.435 e. The molecule has 1 amide bonds. The van der Waals surface area contributed by atoms with Gasteiger partial charge in [-0.3, -0.25) is 0 Å². The van der Waals surface area contributed by atoms with E-state index in [0.29, 0.717) is 13.1 Å². The van der Waals surface area contributed by atoms with Crippen LogP contribution in [0.5, 0.6) is 0 Å². The summed E-state index contributed by atoms with van der Waals surface area (Å²) in [5, 5.41) is 9.04. The van der Waals surface area contributed by atoms with E-state index in [0.717, 1.165) is 32.4 Å². The number of nitrogens with zero attached hydrogens (tertiary/aromatic N) is 1. The lowest BCUT2D eigenvalue weighted by Crippen LogP contribution is -2.57. The van der Waals surface area contributed by atoms with Crippen LogP contribution in [0.4, 0.5) is 4.79 Å². The molecule has 0 spiro atoms. The second-order valence-electron chi connectivity index (χ2n) is 3.45. The lowest BCUT2D eigenvalue weighted by molar-refractivity contribution is -0.861. The average molecular weight is 173 g/mol. The Morgan fingerprint density at radius 1 is 1.33 bits per heavy atom. The third-order valence-corrected chi connectivity index (χ3v) is 2.64. The zero-order valence-electron chi connectivity index (χ0n) is 7.33. The molecule has 0 unspecified atom stereocenters.